The van der Waals surface area contributed by atoms with E-state index in [0.29, 0.717) is 31.9 Å². The van der Waals surface area contributed by atoms with Gasteiger partial charge in [-0.2, -0.15) is 0 Å². The molecule has 28 heavy (non-hydrogen) atoms. The fraction of sp³-hybridized carbons (Fsp3) is 0.333. The van der Waals surface area contributed by atoms with Crippen LogP contribution >= 0.6 is 0 Å². The number of aromatic nitrogens is 2. The number of para-hydroxylation sites is 1. The number of benzene rings is 1. The van der Waals surface area contributed by atoms with Crippen LogP contribution in [-0.4, -0.2) is 46.7 Å². The van der Waals surface area contributed by atoms with Crippen LogP contribution in [0.4, 0.5) is 14.9 Å². The molecule has 3 heterocycles. The Morgan fingerprint density at radius 2 is 1.96 bits per heavy atom. The second-order valence-corrected chi connectivity index (χ2v) is 7.18. The zero-order valence-corrected chi connectivity index (χ0v) is 16.1. The normalized spacial score (nSPS) is 15.7. The number of carbonyl (C=O) groups excluding carboxylic acids is 1. The standard InChI is InChI=1S/C21H24FN5O/c1-15(17-5-3-4-16-7-9-25(2)20(16)17)24-21(28)27-12-10-26(11-13-27)19-6-8-23-14-18(19)22/h3-9,14-15H,10-13H2,1-2H3,(H,24,28)/t15-/m1/s1. The molecule has 2 amide bonds. The number of urea groups is 1. The molecule has 1 aliphatic rings. The summed E-state index contributed by atoms with van der Waals surface area (Å²) in [6.07, 6.45) is 4.84. The maximum absolute atomic E-state index is 13.9. The van der Waals surface area contributed by atoms with Crippen molar-refractivity contribution in [2.24, 2.45) is 7.05 Å². The van der Waals surface area contributed by atoms with Crippen molar-refractivity contribution >= 4 is 22.6 Å². The Bertz CT molecular complexity index is 993. The van der Waals surface area contributed by atoms with E-state index in [4.69, 9.17) is 0 Å². The summed E-state index contributed by atoms with van der Waals surface area (Å²) >= 11 is 0. The van der Waals surface area contributed by atoms with Crippen LogP contribution in [0.25, 0.3) is 10.9 Å². The Labute approximate surface area is 163 Å². The number of aryl methyl sites for hydroxylation is 1. The van der Waals surface area contributed by atoms with Crippen LogP contribution in [0.1, 0.15) is 18.5 Å². The first kappa shape index (κ1) is 18.3. The van der Waals surface area contributed by atoms with Crippen LogP contribution in [-0.2, 0) is 7.05 Å². The van der Waals surface area contributed by atoms with Gasteiger partial charge in [-0.25, -0.2) is 9.18 Å². The van der Waals surface area contributed by atoms with Gasteiger partial charge in [-0.15, -0.1) is 0 Å². The topological polar surface area (TPSA) is 53.4 Å². The molecule has 6 nitrogen and oxygen atoms in total. The molecule has 0 radical (unpaired) electrons. The molecule has 3 aromatic rings. The van der Waals surface area contributed by atoms with Crippen LogP contribution in [0.15, 0.2) is 48.9 Å². The highest BCUT2D eigenvalue weighted by Crippen LogP contribution is 2.25. The fourth-order valence-corrected chi connectivity index (χ4v) is 3.87. The van der Waals surface area contributed by atoms with Gasteiger partial charge in [0.2, 0.25) is 0 Å². The molecule has 0 saturated carbocycles. The Hall–Kier alpha value is -3.09. The van der Waals surface area contributed by atoms with Gasteiger partial charge in [-0.1, -0.05) is 18.2 Å². The number of fused-ring (bicyclic) bond motifs is 1. The number of anilines is 1. The Balaban J connectivity index is 1.41. The SMILES string of the molecule is C[C@@H](NC(=O)N1CCN(c2ccncc2F)CC1)c1cccc2ccn(C)c12. The average molecular weight is 381 g/mol. The van der Waals surface area contributed by atoms with Crippen LogP contribution in [0, 0.1) is 5.82 Å². The number of rotatable bonds is 3. The second kappa shape index (κ2) is 7.50. The monoisotopic (exact) mass is 381 g/mol. The van der Waals surface area contributed by atoms with E-state index >= 15 is 0 Å². The minimum Gasteiger partial charge on any atom is -0.366 e. The fourth-order valence-electron chi connectivity index (χ4n) is 3.87. The predicted octanol–water partition coefficient (Wildman–Crippen LogP) is 3.31. The van der Waals surface area contributed by atoms with Gasteiger partial charge in [0.25, 0.3) is 0 Å². The Morgan fingerprint density at radius 3 is 2.71 bits per heavy atom. The summed E-state index contributed by atoms with van der Waals surface area (Å²) in [6.45, 7) is 4.29. The molecule has 1 saturated heterocycles. The van der Waals surface area contributed by atoms with Crippen molar-refractivity contribution < 1.29 is 9.18 Å². The van der Waals surface area contributed by atoms with Gasteiger partial charge in [0.15, 0.2) is 5.82 Å². The molecule has 1 atom stereocenters. The quantitative estimate of drug-likeness (QED) is 0.757. The van der Waals surface area contributed by atoms with Crippen molar-refractivity contribution in [1.82, 2.24) is 19.8 Å². The Kier molecular flexibility index (Phi) is 4.90. The summed E-state index contributed by atoms with van der Waals surface area (Å²) in [4.78, 5) is 20.3. The highest BCUT2D eigenvalue weighted by Gasteiger charge is 2.24. The van der Waals surface area contributed by atoms with Crippen molar-refractivity contribution in [2.45, 2.75) is 13.0 Å². The summed E-state index contributed by atoms with van der Waals surface area (Å²) in [5.74, 6) is -0.329. The summed E-state index contributed by atoms with van der Waals surface area (Å²) in [5.41, 5.74) is 2.77. The number of nitrogens with zero attached hydrogens (tertiary/aromatic N) is 4. The third-order valence-corrected chi connectivity index (χ3v) is 5.39. The van der Waals surface area contributed by atoms with E-state index in [1.54, 1.807) is 17.2 Å². The number of amides is 2. The second-order valence-electron chi connectivity index (χ2n) is 7.18. The molecule has 1 aliphatic heterocycles. The largest absolute Gasteiger partial charge is 0.366 e. The maximum Gasteiger partial charge on any atom is 0.317 e. The molecule has 1 aromatic carbocycles. The van der Waals surface area contributed by atoms with E-state index < -0.39 is 0 Å². The molecule has 0 bridgehead atoms. The first-order chi connectivity index (χ1) is 13.5. The summed E-state index contributed by atoms with van der Waals surface area (Å²) in [7, 11) is 2.01. The maximum atomic E-state index is 13.9. The molecular formula is C21H24FN5O. The van der Waals surface area contributed by atoms with E-state index in [1.165, 1.54) is 6.20 Å². The third kappa shape index (κ3) is 3.40. The zero-order valence-electron chi connectivity index (χ0n) is 16.1. The molecule has 0 spiro atoms. The average Bonchev–Trinajstić information content (AvgIpc) is 3.09. The van der Waals surface area contributed by atoms with Crippen molar-refractivity contribution in [3.63, 3.8) is 0 Å². The van der Waals surface area contributed by atoms with Gasteiger partial charge < -0.3 is 19.7 Å². The first-order valence-corrected chi connectivity index (χ1v) is 9.48. The highest BCUT2D eigenvalue weighted by molar-refractivity contribution is 5.84. The minimum atomic E-state index is -0.329. The number of piperazine rings is 1. The number of nitrogens with one attached hydrogen (secondary N) is 1. The van der Waals surface area contributed by atoms with Gasteiger partial charge in [-0.05, 0) is 30.0 Å². The molecule has 4 rings (SSSR count). The van der Waals surface area contributed by atoms with Crippen LogP contribution in [0.2, 0.25) is 0 Å². The van der Waals surface area contributed by atoms with E-state index in [9.17, 15) is 9.18 Å². The Morgan fingerprint density at radius 1 is 1.18 bits per heavy atom. The van der Waals surface area contributed by atoms with Gasteiger partial charge >= 0.3 is 6.03 Å². The van der Waals surface area contributed by atoms with Gasteiger partial charge in [0, 0.05) is 45.6 Å². The van der Waals surface area contributed by atoms with Crippen molar-refractivity contribution in [3.8, 4) is 0 Å². The van der Waals surface area contributed by atoms with Crippen LogP contribution in [0.5, 0.6) is 0 Å². The van der Waals surface area contributed by atoms with Crippen LogP contribution < -0.4 is 10.2 Å². The lowest BCUT2D eigenvalue weighted by atomic mass is 10.1. The lowest BCUT2D eigenvalue weighted by Crippen LogP contribution is -2.52. The van der Waals surface area contributed by atoms with Crippen molar-refractivity contribution in [3.05, 3.63) is 60.3 Å². The zero-order chi connectivity index (χ0) is 19.7. The van der Waals surface area contributed by atoms with Crippen LogP contribution in [0.3, 0.4) is 0 Å². The smallest absolute Gasteiger partial charge is 0.317 e. The lowest BCUT2D eigenvalue weighted by Gasteiger charge is -2.36. The molecular weight excluding hydrogens is 357 g/mol. The molecule has 7 heteroatoms. The van der Waals surface area contributed by atoms with Crippen molar-refractivity contribution in [2.75, 3.05) is 31.1 Å². The van der Waals surface area contributed by atoms with E-state index in [0.717, 1.165) is 16.5 Å². The van der Waals surface area contributed by atoms with Gasteiger partial charge in [-0.3, -0.25) is 4.98 Å². The lowest BCUT2D eigenvalue weighted by molar-refractivity contribution is 0.191. The van der Waals surface area contributed by atoms with E-state index in [2.05, 4.69) is 33.1 Å². The summed E-state index contributed by atoms with van der Waals surface area (Å²) in [5, 5.41) is 4.27. The number of hydrogen-bond donors (Lipinski definition) is 1. The summed E-state index contributed by atoms with van der Waals surface area (Å²) < 4.78 is 16.0. The van der Waals surface area contributed by atoms with E-state index in [-0.39, 0.29) is 17.9 Å². The summed E-state index contributed by atoms with van der Waals surface area (Å²) in [6, 6.07) is 9.69. The predicted molar refractivity (Wildman–Crippen MR) is 108 cm³/mol. The number of halogens is 1. The molecule has 1 N–H and O–H groups in total. The number of hydrogen-bond acceptors (Lipinski definition) is 3. The van der Waals surface area contributed by atoms with Gasteiger partial charge in [0.05, 0.1) is 23.4 Å². The molecule has 146 valence electrons. The van der Waals surface area contributed by atoms with Gasteiger partial charge in [0.1, 0.15) is 0 Å². The minimum absolute atomic E-state index is 0.0893. The number of carbonyl (C=O) groups is 1. The molecule has 2 aromatic heterocycles. The van der Waals surface area contributed by atoms with Crippen molar-refractivity contribution in [1.29, 1.82) is 0 Å². The molecule has 0 aliphatic carbocycles. The first-order valence-electron chi connectivity index (χ1n) is 9.48. The number of pyridine rings is 1. The van der Waals surface area contributed by atoms with E-state index in [1.807, 2.05) is 31.1 Å². The third-order valence-electron chi connectivity index (χ3n) is 5.39. The molecule has 0 unspecified atom stereocenters. The highest BCUT2D eigenvalue weighted by atomic mass is 19.1. The molecule has 1 fully saturated rings.